The summed E-state index contributed by atoms with van der Waals surface area (Å²) in [5.41, 5.74) is 1.72. The largest absolute Gasteiger partial charge is 0.490 e. The van der Waals surface area contributed by atoms with Crippen LogP contribution in [0.3, 0.4) is 0 Å². The number of amides is 3. The molecule has 2 aromatic rings. The van der Waals surface area contributed by atoms with Gasteiger partial charge in [0.1, 0.15) is 12.3 Å². The molecule has 152 valence electrons. The number of nitrogens with one attached hydrogen (secondary N) is 1. The number of ether oxygens (including phenoxy) is 2. The number of urea groups is 1. The maximum absolute atomic E-state index is 12.2. The van der Waals surface area contributed by atoms with Crippen molar-refractivity contribution in [1.82, 2.24) is 10.2 Å². The Labute approximate surface area is 179 Å². The van der Waals surface area contributed by atoms with Crippen LogP contribution in [0.5, 0.6) is 11.5 Å². The highest BCUT2D eigenvalue weighted by molar-refractivity contribution is 6.35. The van der Waals surface area contributed by atoms with Gasteiger partial charge in [-0.3, -0.25) is 9.69 Å². The molecular formula is C21H20Cl2N2O4. The van der Waals surface area contributed by atoms with Crippen LogP contribution < -0.4 is 14.8 Å². The van der Waals surface area contributed by atoms with Crippen LogP contribution in [0.25, 0.3) is 6.08 Å². The molecule has 3 rings (SSSR count). The lowest BCUT2D eigenvalue weighted by molar-refractivity contribution is -0.122. The van der Waals surface area contributed by atoms with E-state index in [0.29, 0.717) is 40.3 Å². The first kappa shape index (κ1) is 21.0. The molecule has 0 radical (unpaired) electrons. The number of imide groups is 1. The van der Waals surface area contributed by atoms with Gasteiger partial charge >= 0.3 is 6.03 Å². The van der Waals surface area contributed by atoms with Crippen molar-refractivity contribution >= 4 is 41.2 Å². The van der Waals surface area contributed by atoms with Gasteiger partial charge in [0.2, 0.25) is 0 Å². The Morgan fingerprint density at radius 2 is 1.83 bits per heavy atom. The van der Waals surface area contributed by atoms with Gasteiger partial charge in [-0.15, -0.1) is 0 Å². The third-order valence-electron chi connectivity index (χ3n) is 4.26. The zero-order valence-corrected chi connectivity index (χ0v) is 17.5. The molecule has 8 heteroatoms. The molecule has 1 aliphatic rings. The minimum absolute atomic E-state index is 0.223. The van der Waals surface area contributed by atoms with E-state index in [1.54, 1.807) is 49.4 Å². The summed E-state index contributed by atoms with van der Waals surface area (Å²) in [6.45, 7) is 4.61. The second-order valence-electron chi connectivity index (χ2n) is 6.20. The zero-order valence-electron chi connectivity index (χ0n) is 16.0. The summed E-state index contributed by atoms with van der Waals surface area (Å²) in [7, 11) is 0. The molecule has 1 saturated heterocycles. The quantitative estimate of drug-likeness (QED) is 0.497. The lowest BCUT2D eigenvalue weighted by Crippen LogP contribution is -2.30. The van der Waals surface area contributed by atoms with Gasteiger partial charge in [0.05, 0.1) is 6.61 Å². The second-order valence-corrected chi connectivity index (χ2v) is 7.04. The minimum Gasteiger partial charge on any atom is -0.490 e. The molecule has 0 aromatic heterocycles. The third-order valence-corrected chi connectivity index (χ3v) is 4.84. The molecular weight excluding hydrogens is 415 g/mol. The Morgan fingerprint density at radius 3 is 2.48 bits per heavy atom. The van der Waals surface area contributed by atoms with Crippen LogP contribution in [0.2, 0.25) is 10.0 Å². The summed E-state index contributed by atoms with van der Waals surface area (Å²) < 4.78 is 11.6. The lowest BCUT2D eigenvalue weighted by atomic mass is 10.1. The fourth-order valence-corrected chi connectivity index (χ4v) is 3.28. The number of benzene rings is 2. The van der Waals surface area contributed by atoms with Gasteiger partial charge in [-0.25, -0.2) is 4.79 Å². The summed E-state index contributed by atoms with van der Waals surface area (Å²) in [6.07, 6.45) is 1.61. The van der Waals surface area contributed by atoms with E-state index in [2.05, 4.69) is 5.32 Å². The number of carbonyl (C=O) groups excluding carboxylic acids is 2. The highest BCUT2D eigenvalue weighted by Gasteiger charge is 2.32. The number of rotatable bonds is 7. The van der Waals surface area contributed by atoms with E-state index in [9.17, 15) is 9.59 Å². The first-order valence-electron chi connectivity index (χ1n) is 9.11. The summed E-state index contributed by atoms with van der Waals surface area (Å²) in [6, 6.07) is 10.1. The summed E-state index contributed by atoms with van der Waals surface area (Å²) in [4.78, 5) is 25.2. The standard InChI is InChI=1S/C21H20Cl2N2O4/c1-3-25-20(26)17(24-21(25)27)9-13-5-8-18(19(10-13)28-4-2)29-12-14-6-7-15(22)11-16(14)23/h5-11H,3-4,12H2,1-2H3,(H,24,27)/b17-9+. The molecule has 29 heavy (non-hydrogen) atoms. The predicted molar refractivity (Wildman–Crippen MR) is 112 cm³/mol. The average Bonchev–Trinajstić information content (AvgIpc) is 2.95. The van der Waals surface area contributed by atoms with E-state index >= 15 is 0 Å². The summed E-state index contributed by atoms with van der Waals surface area (Å²) in [5.74, 6) is 0.709. The third kappa shape index (κ3) is 4.83. The molecule has 0 bridgehead atoms. The lowest BCUT2D eigenvalue weighted by Gasteiger charge is -2.13. The van der Waals surface area contributed by atoms with Crippen molar-refractivity contribution in [2.24, 2.45) is 0 Å². The van der Waals surface area contributed by atoms with Gasteiger partial charge in [-0.05, 0) is 49.8 Å². The number of hydrogen-bond acceptors (Lipinski definition) is 4. The predicted octanol–water partition coefficient (Wildman–Crippen LogP) is 4.88. The van der Waals surface area contributed by atoms with Crippen molar-refractivity contribution in [2.75, 3.05) is 13.2 Å². The van der Waals surface area contributed by atoms with Crippen molar-refractivity contribution in [2.45, 2.75) is 20.5 Å². The van der Waals surface area contributed by atoms with Crippen LogP contribution in [0.15, 0.2) is 42.1 Å². The Kier molecular flexibility index (Phi) is 6.67. The van der Waals surface area contributed by atoms with Crippen LogP contribution in [0.1, 0.15) is 25.0 Å². The van der Waals surface area contributed by atoms with E-state index in [0.717, 1.165) is 10.5 Å². The molecule has 1 fully saturated rings. The van der Waals surface area contributed by atoms with Gasteiger partial charge in [0, 0.05) is 22.2 Å². The molecule has 1 heterocycles. The van der Waals surface area contributed by atoms with Crippen LogP contribution in [0.4, 0.5) is 4.79 Å². The van der Waals surface area contributed by atoms with Crippen LogP contribution in [0, 0.1) is 0 Å². The van der Waals surface area contributed by atoms with E-state index < -0.39 is 6.03 Å². The molecule has 0 aliphatic carbocycles. The van der Waals surface area contributed by atoms with Gasteiger partial charge < -0.3 is 14.8 Å². The van der Waals surface area contributed by atoms with E-state index in [4.69, 9.17) is 32.7 Å². The smallest absolute Gasteiger partial charge is 0.328 e. The molecule has 2 aromatic carbocycles. The minimum atomic E-state index is -0.423. The molecule has 0 atom stereocenters. The van der Waals surface area contributed by atoms with Gasteiger partial charge in [-0.1, -0.05) is 35.3 Å². The molecule has 0 spiro atoms. The van der Waals surface area contributed by atoms with Gasteiger partial charge in [0.25, 0.3) is 5.91 Å². The SMILES string of the molecule is CCOc1cc(/C=C2/NC(=O)N(CC)C2=O)ccc1OCc1ccc(Cl)cc1Cl. The topological polar surface area (TPSA) is 67.9 Å². The highest BCUT2D eigenvalue weighted by atomic mass is 35.5. The van der Waals surface area contributed by atoms with Gasteiger partial charge in [-0.2, -0.15) is 0 Å². The number of carbonyl (C=O) groups is 2. The molecule has 1 aliphatic heterocycles. The molecule has 3 amide bonds. The zero-order chi connectivity index (χ0) is 21.0. The Balaban J connectivity index is 1.81. The van der Waals surface area contributed by atoms with Crippen molar-refractivity contribution in [1.29, 1.82) is 0 Å². The monoisotopic (exact) mass is 434 g/mol. The van der Waals surface area contributed by atoms with Crippen molar-refractivity contribution in [3.63, 3.8) is 0 Å². The Morgan fingerprint density at radius 1 is 1.03 bits per heavy atom. The molecule has 0 saturated carbocycles. The van der Waals surface area contributed by atoms with E-state index in [1.807, 2.05) is 6.92 Å². The number of hydrogen-bond donors (Lipinski definition) is 1. The number of nitrogens with zero attached hydrogens (tertiary/aromatic N) is 1. The van der Waals surface area contributed by atoms with E-state index in [1.165, 1.54) is 0 Å². The fraction of sp³-hybridized carbons (Fsp3) is 0.238. The maximum Gasteiger partial charge on any atom is 0.328 e. The van der Waals surface area contributed by atoms with Crippen molar-refractivity contribution < 1.29 is 19.1 Å². The molecule has 6 nitrogen and oxygen atoms in total. The molecule has 0 unspecified atom stereocenters. The van der Waals surface area contributed by atoms with Crippen LogP contribution in [-0.4, -0.2) is 30.0 Å². The average molecular weight is 435 g/mol. The Hall–Kier alpha value is -2.70. The van der Waals surface area contributed by atoms with Crippen molar-refractivity contribution in [3.05, 3.63) is 63.3 Å². The number of likely N-dealkylation sites (N-methyl/N-ethyl adjacent to an activating group) is 1. The van der Waals surface area contributed by atoms with E-state index in [-0.39, 0.29) is 18.2 Å². The summed E-state index contributed by atoms with van der Waals surface area (Å²) in [5, 5.41) is 3.66. The second kappa shape index (κ2) is 9.20. The number of halogens is 2. The fourth-order valence-electron chi connectivity index (χ4n) is 2.82. The highest BCUT2D eigenvalue weighted by Crippen LogP contribution is 2.31. The van der Waals surface area contributed by atoms with Crippen LogP contribution >= 0.6 is 23.2 Å². The van der Waals surface area contributed by atoms with Crippen molar-refractivity contribution in [3.8, 4) is 11.5 Å². The molecule has 1 N–H and O–H groups in total. The Bertz CT molecular complexity index is 975. The first-order chi connectivity index (χ1) is 13.9. The normalized spacial score (nSPS) is 15.0. The summed E-state index contributed by atoms with van der Waals surface area (Å²) >= 11 is 12.1. The van der Waals surface area contributed by atoms with Gasteiger partial charge in [0.15, 0.2) is 11.5 Å². The maximum atomic E-state index is 12.2. The first-order valence-corrected chi connectivity index (χ1v) is 9.86. The van der Waals surface area contributed by atoms with Crippen LogP contribution in [-0.2, 0) is 11.4 Å².